The van der Waals surface area contributed by atoms with E-state index < -0.39 is 0 Å². The van der Waals surface area contributed by atoms with Crippen LogP contribution in [0.5, 0.6) is 0 Å². The molecule has 2 heterocycles. The van der Waals surface area contributed by atoms with Crippen molar-refractivity contribution in [2.75, 3.05) is 0 Å². The minimum Gasteiger partial charge on any atom is -0.246 e. The predicted molar refractivity (Wildman–Crippen MR) is 77.7 cm³/mol. The molecule has 2 nitrogen and oxygen atoms in total. The fraction of sp³-hybridized carbons (Fsp3) is 0. The summed E-state index contributed by atoms with van der Waals surface area (Å²) in [6.07, 6.45) is 0. The number of hydrogen-bond acceptors (Lipinski definition) is 3. The molecule has 3 heteroatoms. The number of benzene rings is 1. The second-order valence-corrected chi connectivity index (χ2v) is 5.00. The highest BCUT2D eigenvalue weighted by Crippen LogP contribution is 2.28. The van der Waals surface area contributed by atoms with Crippen molar-refractivity contribution in [3.05, 3.63) is 65.5 Å². The summed E-state index contributed by atoms with van der Waals surface area (Å²) < 4.78 is 0. The van der Waals surface area contributed by atoms with Crippen LogP contribution < -0.4 is 0 Å². The second-order valence-electron chi connectivity index (χ2n) is 4.05. The first-order valence-electron chi connectivity index (χ1n) is 5.89. The average molecular weight is 262 g/mol. The summed E-state index contributed by atoms with van der Waals surface area (Å²) in [6.45, 7) is 0. The largest absolute Gasteiger partial charge is 0.246 e. The zero-order valence-electron chi connectivity index (χ0n) is 10.1. The monoisotopic (exact) mass is 262 g/mol. The van der Waals surface area contributed by atoms with Gasteiger partial charge < -0.3 is 0 Å². The van der Waals surface area contributed by atoms with Gasteiger partial charge in [0.1, 0.15) is 6.07 Å². The molecule has 0 spiro atoms. The Morgan fingerprint density at radius 1 is 0.947 bits per heavy atom. The van der Waals surface area contributed by atoms with E-state index in [1.165, 1.54) is 0 Å². The van der Waals surface area contributed by atoms with Gasteiger partial charge in [0.2, 0.25) is 0 Å². The van der Waals surface area contributed by atoms with E-state index in [1.807, 2.05) is 60.0 Å². The molecule has 0 unspecified atom stereocenters. The van der Waals surface area contributed by atoms with E-state index in [9.17, 15) is 5.26 Å². The molecule has 0 atom stereocenters. The molecule has 0 saturated carbocycles. The summed E-state index contributed by atoms with van der Waals surface area (Å²) in [4.78, 5) is 5.76. The van der Waals surface area contributed by atoms with Gasteiger partial charge in [0.15, 0.2) is 0 Å². The molecule has 0 aliphatic rings. The van der Waals surface area contributed by atoms with Gasteiger partial charge in [-0.15, -0.1) is 11.3 Å². The van der Waals surface area contributed by atoms with Gasteiger partial charge in [-0.2, -0.15) is 5.26 Å². The van der Waals surface area contributed by atoms with Crippen LogP contribution in [0, 0.1) is 11.3 Å². The quantitative estimate of drug-likeness (QED) is 0.688. The zero-order valence-corrected chi connectivity index (χ0v) is 10.9. The molecule has 0 fully saturated rings. The van der Waals surface area contributed by atoms with Crippen molar-refractivity contribution in [1.29, 1.82) is 5.26 Å². The minimum absolute atomic E-state index is 0.603. The molecule has 90 valence electrons. The van der Waals surface area contributed by atoms with Gasteiger partial charge in [-0.1, -0.05) is 36.4 Å². The highest BCUT2D eigenvalue weighted by atomic mass is 32.1. The first kappa shape index (κ1) is 11.6. The van der Waals surface area contributed by atoms with Crippen LogP contribution in [0.2, 0.25) is 0 Å². The summed E-state index contributed by atoms with van der Waals surface area (Å²) in [7, 11) is 0. The van der Waals surface area contributed by atoms with Crippen molar-refractivity contribution in [2.24, 2.45) is 0 Å². The molecule has 0 amide bonds. The standard InChI is InChI=1S/C16H10N2S/c17-11-13-8-9-14(15-7-4-10-19-15)18-16(13)12-5-2-1-3-6-12/h1-10H. The van der Waals surface area contributed by atoms with Crippen molar-refractivity contribution < 1.29 is 0 Å². The van der Waals surface area contributed by atoms with Crippen LogP contribution in [0.4, 0.5) is 0 Å². The van der Waals surface area contributed by atoms with Crippen LogP contribution in [0.1, 0.15) is 5.56 Å². The maximum atomic E-state index is 9.21. The maximum Gasteiger partial charge on any atom is 0.101 e. The summed E-state index contributed by atoms with van der Waals surface area (Å²) in [5.74, 6) is 0. The Morgan fingerprint density at radius 3 is 2.47 bits per heavy atom. The van der Waals surface area contributed by atoms with E-state index >= 15 is 0 Å². The molecular weight excluding hydrogens is 252 g/mol. The van der Waals surface area contributed by atoms with Gasteiger partial charge in [0.05, 0.1) is 21.8 Å². The van der Waals surface area contributed by atoms with E-state index in [-0.39, 0.29) is 0 Å². The Balaban J connectivity index is 2.17. The molecule has 1 aromatic carbocycles. The zero-order chi connectivity index (χ0) is 13.1. The normalized spacial score (nSPS) is 10.1. The molecular formula is C16H10N2S. The fourth-order valence-corrected chi connectivity index (χ4v) is 2.62. The lowest BCUT2D eigenvalue weighted by Gasteiger charge is -2.05. The van der Waals surface area contributed by atoms with Gasteiger partial charge in [0, 0.05) is 5.56 Å². The van der Waals surface area contributed by atoms with Crippen LogP contribution in [-0.4, -0.2) is 4.98 Å². The number of aromatic nitrogens is 1. The summed E-state index contributed by atoms with van der Waals surface area (Å²) >= 11 is 1.65. The van der Waals surface area contributed by atoms with E-state index in [1.54, 1.807) is 11.3 Å². The summed E-state index contributed by atoms with van der Waals surface area (Å²) in [5.41, 5.74) is 3.23. The molecule has 2 aromatic heterocycles. The third-order valence-corrected chi connectivity index (χ3v) is 3.73. The van der Waals surface area contributed by atoms with Crippen LogP contribution in [0.15, 0.2) is 60.0 Å². The number of pyridine rings is 1. The minimum atomic E-state index is 0.603. The van der Waals surface area contributed by atoms with Crippen LogP contribution in [0.3, 0.4) is 0 Å². The number of hydrogen-bond donors (Lipinski definition) is 0. The average Bonchev–Trinajstić information content (AvgIpc) is 3.02. The van der Waals surface area contributed by atoms with Gasteiger partial charge in [-0.25, -0.2) is 4.98 Å². The van der Waals surface area contributed by atoms with Gasteiger partial charge in [-0.05, 0) is 23.6 Å². The maximum absolute atomic E-state index is 9.21. The lowest BCUT2D eigenvalue weighted by Crippen LogP contribution is -1.91. The predicted octanol–water partition coefficient (Wildman–Crippen LogP) is 4.35. The molecule has 0 aliphatic heterocycles. The van der Waals surface area contributed by atoms with E-state index in [0.29, 0.717) is 5.56 Å². The summed E-state index contributed by atoms with van der Waals surface area (Å²) in [5, 5.41) is 11.2. The Bertz CT molecular complexity index is 725. The number of nitrogens with zero attached hydrogens (tertiary/aromatic N) is 2. The number of nitriles is 1. The Kier molecular flexibility index (Phi) is 3.09. The molecule has 0 N–H and O–H groups in total. The first-order valence-corrected chi connectivity index (χ1v) is 6.77. The van der Waals surface area contributed by atoms with Gasteiger partial charge in [0.25, 0.3) is 0 Å². The highest BCUT2D eigenvalue weighted by Gasteiger charge is 2.09. The van der Waals surface area contributed by atoms with E-state index in [0.717, 1.165) is 21.8 Å². The Hall–Kier alpha value is -2.44. The topological polar surface area (TPSA) is 36.7 Å². The van der Waals surface area contributed by atoms with Crippen molar-refractivity contribution >= 4 is 11.3 Å². The second kappa shape index (κ2) is 5.05. The lowest BCUT2D eigenvalue weighted by molar-refractivity contribution is 1.31. The Labute approximate surface area is 115 Å². The number of thiophene rings is 1. The lowest BCUT2D eigenvalue weighted by atomic mass is 10.1. The molecule has 3 aromatic rings. The number of rotatable bonds is 2. The third kappa shape index (κ3) is 2.26. The summed E-state index contributed by atoms with van der Waals surface area (Å²) in [6, 6.07) is 19.8. The van der Waals surface area contributed by atoms with Gasteiger partial charge >= 0.3 is 0 Å². The van der Waals surface area contributed by atoms with E-state index in [4.69, 9.17) is 0 Å². The van der Waals surface area contributed by atoms with Crippen molar-refractivity contribution in [2.45, 2.75) is 0 Å². The highest BCUT2D eigenvalue weighted by molar-refractivity contribution is 7.13. The smallest absolute Gasteiger partial charge is 0.101 e. The van der Waals surface area contributed by atoms with Crippen molar-refractivity contribution in [3.8, 4) is 27.9 Å². The van der Waals surface area contributed by atoms with Crippen LogP contribution in [0.25, 0.3) is 21.8 Å². The fourth-order valence-electron chi connectivity index (χ4n) is 1.93. The van der Waals surface area contributed by atoms with Crippen molar-refractivity contribution in [3.63, 3.8) is 0 Å². The molecule has 0 bridgehead atoms. The van der Waals surface area contributed by atoms with Crippen LogP contribution in [-0.2, 0) is 0 Å². The van der Waals surface area contributed by atoms with E-state index in [2.05, 4.69) is 11.1 Å². The molecule has 0 saturated heterocycles. The molecule has 0 aliphatic carbocycles. The van der Waals surface area contributed by atoms with Gasteiger partial charge in [-0.3, -0.25) is 0 Å². The molecule has 0 radical (unpaired) electrons. The third-order valence-electron chi connectivity index (χ3n) is 2.84. The Morgan fingerprint density at radius 2 is 1.79 bits per heavy atom. The SMILES string of the molecule is N#Cc1ccc(-c2cccs2)nc1-c1ccccc1. The molecule has 3 rings (SSSR count). The van der Waals surface area contributed by atoms with Crippen LogP contribution >= 0.6 is 11.3 Å². The first-order chi connectivity index (χ1) is 9.38. The van der Waals surface area contributed by atoms with Crippen molar-refractivity contribution in [1.82, 2.24) is 4.98 Å². The molecule has 19 heavy (non-hydrogen) atoms.